The van der Waals surface area contributed by atoms with Crippen molar-refractivity contribution in [3.8, 4) is 0 Å². The summed E-state index contributed by atoms with van der Waals surface area (Å²) < 4.78 is 5.44. The molecule has 6 nitrogen and oxygen atoms in total. The van der Waals surface area contributed by atoms with Crippen molar-refractivity contribution in [2.24, 2.45) is 23.2 Å². The lowest BCUT2D eigenvalue weighted by atomic mass is 9.49. The molecule has 2 N–H and O–H groups in total. The van der Waals surface area contributed by atoms with Crippen LogP contribution in [0.5, 0.6) is 0 Å². The monoisotopic (exact) mass is 459 g/mol. The Bertz CT molecular complexity index is 833. The Kier molecular flexibility index (Phi) is 6.35. The predicted octanol–water partition coefficient (Wildman–Crippen LogP) is 4.23. The number of carbonyl (C=O) groups excluding carboxylic acids is 2. The minimum Gasteiger partial charge on any atom is -0.378 e. The predicted molar refractivity (Wildman–Crippen MR) is 126 cm³/mol. The van der Waals surface area contributed by atoms with E-state index in [1.165, 1.54) is 19.3 Å². The average molecular weight is 460 g/mol. The molecule has 1 aromatic carbocycles. The number of morpholine rings is 1. The molecule has 2 amide bonds. The van der Waals surface area contributed by atoms with E-state index < -0.39 is 0 Å². The third-order valence-electron chi connectivity index (χ3n) is 7.97. The SMILES string of the molecule is O=C(CCCNC(=O)C12CC3CC(CC(C3)C1)C2)Nc1cccc(Cl)c1N1CCOCC1. The molecule has 7 heteroatoms. The summed E-state index contributed by atoms with van der Waals surface area (Å²) in [5.41, 5.74) is 1.48. The number of amides is 2. The minimum absolute atomic E-state index is 0.0502. The fraction of sp³-hybridized carbons (Fsp3) is 0.680. The lowest BCUT2D eigenvalue weighted by molar-refractivity contribution is -0.146. The van der Waals surface area contributed by atoms with Crippen molar-refractivity contribution in [3.63, 3.8) is 0 Å². The second kappa shape index (κ2) is 9.22. The number of hydrogen-bond acceptors (Lipinski definition) is 4. The van der Waals surface area contributed by atoms with Crippen molar-refractivity contribution in [2.45, 2.75) is 51.4 Å². The van der Waals surface area contributed by atoms with Crippen molar-refractivity contribution < 1.29 is 14.3 Å². The van der Waals surface area contributed by atoms with Gasteiger partial charge in [0, 0.05) is 31.5 Å². The van der Waals surface area contributed by atoms with Crippen molar-refractivity contribution in [1.82, 2.24) is 5.32 Å². The van der Waals surface area contributed by atoms with E-state index in [0.717, 1.165) is 61.5 Å². The van der Waals surface area contributed by atoms with Gasteiger partial charge in [0.2, 0.25) is 11.8 Å². The second-order valence-corrected chi connectivity index (χ2v) is 10.7. The van der Waals surface area contributed by atoms with Crippen LogP contribution in [0.15, 0.2) is 18.2 Å². The summed E-state index contributed by atoms with van der Waals surface area (Å²) in [7, 11) is 0. The number of para-hydroxylation sites is 1. The average Bonchev–Trinajstić information content (AvgIpc) is 2.76. The quantitative estimate of drug-likeness (QED) is 0.598. The Balaban J connectivity index is 1.11. The van der Waals surface area contributed by atoms with Crippen LogP contribution in [0.3, 0.4) is 0 Å². The largest absolute Gasteiger partial charge is 0.378 e. The van der Waals surface area contributed by atoms with Gasteiger partial charge in [-0.05, 0) is 74.8 Å². The number of benzene rings is 1. The van der Waals surface area contributed by atoms with Gasteiger partial charge in [-0.15, -0.1) is 0 Å². The molecule has 0 atom stereocenters. The highest BCUT2D eigenvalue weighted by Crippen LogP contribution is 2.60. The molecule has 32 heavy (non-hydrogen) atoms. The molecule has 4 aliphatic carbocycles. The number of ether oxygens (including phenoxy) is 1. The lowest BCUT2D eigenvalue weighted by Gasteiger charge is -2.55. The van der Waals surface area contributed by atoms with Gasteiger partial charge in [0.25, 0.3) is 0 Å². The molecule has 1 heterocycles. The second-order valence-electron chi connectivity index (χ2n) is 10.3. The van der Waals surface area contributed by atoms with Gasteiger partial charge in [-0.2, -0.15) is 0 Å². The molecule has 5 fully saturated rings. The van der Waals surface area contributed by atoms with Crippen LogP contribution in [0.25, 0.3) is 0 Å². The van der Waals surface area contributed by atoms with Crippen LogP contribution in [-0.2, 0) is 14.3 Å². The summed E-state index contributed by atoms with van der Waals surface area (Å²) in [5, 5.41) is 6.83. The van der Waals surface area contributed by atoms with Crippen molar-refractivity contribution >= 4 is 34.8 Å². The first kappa shape index (κ1) is 22.0. The molecule has 0 unspecified atom stereocenters. The molecule has 4 bridgehead atoms. The maximum Gasteiger partial charge on any atom is 0.226 e. The van der Waals surface area contributed by atoms with Crippen LogP contribution in [-0.4, -0.2) is 44.7 Å². The van der Waals surface area contributed by atoms with Crippen LogP contribution in [0.4, 0.5) is 11.4 Å². The lowest BCUT2D eigenvalue weighted by Crippen LogP contribution is -2.53. The van der Waals surface area contributed by atoms with Gasteiger partial charge in [-0.1, -0.05) is 17.7 Å². The van der Waals surface area contributed by atoms with Crippen LogP contribution < -0.4 is 15.5 Å². The number of hydrogen-bond donors (Lipinski definition) is 2. The Labute approximate surface area is 195 Å². The van der Waals surface area contributed by atoms with Crippen molar-refractivity contribution in [2.75, 3.05) is 43.1 Å². The molecule has 0 spiro atoms. The van der Waals surface area contributed by atoms with Crippen LogP contribution in [0, 0.1) is 23.2 Å². The van der Waals surface area contributed by atoms with Gasteiger partial charge < -0.3 is 20.3 Å². The van der Waals surface area contributed by atoms with Crippen LogP contribution in [0.2, 0.25) is 5.02 Å². The van der Waals surface area contributed by atoms with Gasteiger partial charge in [0.05, 0.1) is 29.6 Å². The van der Waals surface area contributed by atoms with Gasteiger partial charge >= 0.3 is 0 Å². The van der Waals surface area contributed by atoms with Crippen molar-refractivity contribution in [1.29, 1.82) is 0 Å². The number of nitrogens with zero attached hydrogens (tertiary/aromatic N) is 1. The third kappa shape index (κ3) is 4.49. The van der Waals surface area contributed by atoms with E-state index in [2.05, 4.69) is 15.5 Å². The standard InChI is InChI=1S/C25H34ClN3O3/c26-20-3-1-4-21(23(20)29-7-9-32-10-8-29)28-22(30)5-2-6-27-24(31)25-14-17-11-18(15-25)13-19(12-17)16-25/h1,3-4,17-19H,2,5-16H2,(H,27,31)(H,28,30). The number of halogens is 1. The van der Waals surface area contributed by atoms with E-state index in [0.29, 0.717) is 37.6 Å². The Morgan fingerprint density at radius 3 is 2.38 bits per heavy atom. The van der Waals surface area contributed by atoms with E-state index >= 15 is 0 Å². The smallest absolute Gasteiger partial charge is 0.226 e. The fourth-order valence-electron chi connectivity index (χ4n) is 6.96. The zero-order chi connectivity index (χ0) is 22.1. The van der Waals surface area contributed by atoms with Crippen molar-refractivity contribution in [3.05, 3.63) is 23.2 Å². The summed E-state index contributed by atoms with van der Waals surface area (Å²) in [6.07, 6.45) is 8.24. The zero-order valence-electron chi connectivity index (χ0n) is 18.7. The topological polar surface area (TPSA) is 70.7 Å². The number of nitrogens with one attached hydrogen (secondary N) is 2. The number of anilines is 2. The minimum atomic E-state index is -0.120. The van der Waals surface area contributed by atoms with E-state index in [9.17, 15) is 9.59 Å². The molecule has 1 aliphatic heterocycles. The van der Waals surface area contributed by atoms with E-state index in [1.807, 2.05) is 18.2 Å². The first-order chi connectivity index (χ1) is 15.5. The highest BCUT2D eigenvalue weighted by molar-refractivity contribution is 6.34. The maximum absolute atomic E-state index is 13.0. The zero-order valence-corrected chi connectivity index (χ0v) is 19.5. The first-order valence-corrected chi connectivity index (χ1v) is 12.6. The summed E-state index contributed by atoms with van der Waals surface area (Å²) in [6, 6.07) is 5.60. The van der Waals surface area contributed by atoms with E-state index in [1.54, 1.807) is 0 Å². The summed E-state index contributed by atoms with van der Waals surface area (Å²) in [5.74, 6) is 2.47. The summed E-state index contributed by atoms with van der Waals surface area (Å²) >= 11 is 6.46. The highest BCUT2D eigenvalue weighted by Gasteiger charge is 2.54. The Morgan fingerprint density at radius 1 is 1.06 bits per heavy atom. The van der Waals surface area contributed by atoms with Gasteiger partial charge in [-0.3, -0.25) is 9.59 Å². The first-order valence-electron chi connectivity index (χ1n) is 12.2. The third-order valence-corrected chi connectivity index (χ3v) is 8.28. The molecule has 0 aromatic heterocycles. The summed E-state index contributed by atoms with van der Waals surface area (Å²) in [4.78, 5) is 27.8. The Hall–Kier alpha value is -1.79. The Morgan fingerprint density at radius 2 is 1.72 bits per heavy atom. The molecule has 0 radical (unpaired) electrons. The fourth-order valence-corrected chi connectivity index (χ4v) is 7.26. The van der Waals surface area contributed by atoms with Gasteiger partial charge in [0.1, 0.15) is 0 Å². The molecular weight excluding hydrogens is 426 g/mol. The highest BCUT2D eigenvalue weighted by atomic mass is 35.5. The van der Waals surface area contributed by atoms with Crippen LogP contribution >= 0.6 is 11.6 Å². The molecule has 5 aliphatic rings. The van der Waals surface area contributed by atoms with Gasteiger partial charge in [-0.25, -0.2) is 0 Å². The number of carbonyl (C=O) groups is 2. The molecule has 4 saturated carbocycles. The van der Waals surface area contributed by atoms with E-state index in [4.69, 9.17) is 16.3 Å². The molecule has 174 valence electrons. The molecule has 1 saturated heterocycles. The molecule has 6 rings (SSSR count). The molecular formula is C25H34ClN3O3. The summed E-state index contributed by atoms with van der Waals surface area (Å²) in [6.45, 7) is 3.37. The molecule has 1 aromatic rings. The van der Waals surface area contributed by atoms with Gasteiger partial charge in [0.15, 0.2) is 0 Å². The number of rotatable bonds is 7. The van der Waals surface area contributed by atoms with E-state index in [-0.39, 0.29) is 17.2 Å². The normalized spacial score (nSPS) is 30.9. The van der Waals surface area contributed by atoms with Crippen LogP contribution in [0.1, 0.15) is 51.4 Å². The maximum atomic E-state index is 13.0.